The van der Waals surface area contributed by atoms with E-state index in [1.54, 1.807) is 68.8 Å². The third-order valence-electron chi connectivity index (χ3n) is 7.11. The molecular formula is C32H32N2O7S. The number of nitrogens with zero attached hydrogens (tertiary/aromatic N) is 2. The van der Waals surface area contributed by atoms with Crippen LogP contribution in [0.1, 0.15) is 43.4 Å². The predicted octanol–water partition coefficient (Wildman–Crippen LogP) is 6.52. The van der Waals surface area contributed by atoms with Crippen LogP contribution < -0.4 is 23.8 Å². The summed E-state index contributed by atoms with van der Waals surface area (Å²) in [5, 5.41) is 11.8. The Kier molecular flexibility index (Phi) is 8.63. The number of carbonyl (C=O) groups excluding carboxylic acids is 2. The van der Waals surface area contributed by atoms with Crippen LogP contribution in [0.25, 0.3) is 16.0 Å². The molecule has 2 heterocycles. The molecule has 1 fully saturated rings. The van der Waals surface area contributed by atoms with Gasteiger partial charge in [-0.05, 0) is 66.6 Å². The minimum absolute atomic E-state index is 0.0549. The number of Topliss-reactive ketones (excluding diaryl/α,β-unsaturated/α-hetero) is 1. The minimum Gasteiger partial charge on any atom is -0.507 e. The number of unbranched alkanes of at least 4 members (excludes halogenated alkanes) is 2. The molecule has 9 nitrogen and oxygen atoms in total. The molecule has 4 aromatic rings. The van der Waals surface area contributed by atoms with E-state index in [0.29, 0.717) is 51.4 Å². The summed E-state index contributed by atoms with van der Waals surface area (Å²) in [7, 11) is 4.65. The number of methoxy groups -OCH3 is 3. The van der Waals surface area contributed by atoms with Crippen LogP contribution >= 0.6 is 11.3 Å². The van der Waals surface area contributed by atoms with Crippen molar-refractivity contribution in [3.8, 4) is 23.0 Å². The Bertz CT molecular complexity index is 1640. The number of ketones is 1. The Morgan fingerprint density at radius 2 is 1.64 bits per heavy atom. The molecule has 3 aromatic carbocycles. The number of aliphatic hydroxyl groups is 1. The fourth-order valence-corrected chi connectivity index (χ4v) is 5.90. The molecule has 1 atom stereocenters. The van der Waals surface area contributed by atoms with Gasteiger partial charge in [-0.3, -0.25) is 14.5 Å². The van der Waals surface area contributed by atoms with Crippen LogP contribution in [-0.4, -0.2) is 49.7 Å². The van der Waals surface area contributed by atoms with Crippen molar-refractivity contribution >= 4 is 44.1 Å². The lowest BCUT2D eigenvalue weighted by molar-refractivity contribution is -0.132. The average Bonchev–Trinajstić information content (AvgIpc) is 3.56. The highest BCUT2D eigenvalue weighted by Gasteiger charge is 2.48. The lowest BCUT2D eigenvalue weighted by Crippen LogP contribution is -2.29. The van der Waals surface area contributed by atoms with Crippen LogP contribution in [0.15, 0.2) is 66.2 Å². The highest BCUT2D eigenvalue weighted by atomic mass is 32.1. The molecule has 1 N–H and O–H groups in total. The van der Waals surface area contributed by atoms with E-state index in [0.717, 1.165) is 24.0 Å². The Balaban J connectivity index is 1.65. The maximum atomic E-state index is 13.7. The predicted molar refractivity (Wildman–Crippen MR) is 162 cm³/mol. The third-order valence-corrected chi connectivity index (χ3v) is 8.12. The second-order valence-electron chi connectivity index (χ2n) is 9.69. The minimum atomic E-state index is -0.974. The van der Waals surface area contributed by atoms with Gasteiger partial charge < -0.3 is 24.1 Å². The Morgan fingerprint density at radius 3 is 2.33 bits per heavy atom. The molecule has 5 rings (SSSR count). The highest BCUT2D eigenvalue weighted by molar-refractivity contribution is 7.22. The second kappa shape index (κ2) is 12.5. The van der Waals surface area contributed by atoms with Crippen molar-refractivity contribution < 1.29 is 33.6 Å². The number of anilines is 1. The fraction of sp³-hybridized carbons (Fsp3) is 0.281. The topological polar surface area (TPSA) is 107 Å². The Labute approximate surface area is 247 Å². The van der Waals surface area contributed by atoms with Crippen LogP contribution in [0, 0.1) is 0 Å². The molecule has 0 saturated carbocycles. The molecule has 10 heteroatoms. The number of thiazole rings is 1. The van der Waals surface area contributed by atoms with Gasteiger partial charge in [0.1, 0.15) is 17.3 Å². The van der Waals surface area contributed by atoms with Crippen LogP contribution in [0.3, 0.4) is 0 Å². The average molecular weight is 589 g/mol. The van der Waals surface area contributed by atoms with E-state index in [1.807, 2.05) is 6.07 Å². The van der Waals surface area contributed by atoms with Crippen molar-refractivity contribution in [2.75, 3.05) is 32.8 Å². The van der Waals surface area contributed by atoms with Crippen molar-refractivity contribution in [2.24, 2.45) is 0 Å². The molecule has 0 bridgehead atoms. The largest absolute Gasteiger partial charge is 0.507 e. The van der Waals surface area contributed by atoms with E-state index in [2.05, 4.69) is 11.9 Å². The van der Waals surface area contributed by atoms with Crippen molar-refractivity contribution in [2.45, 2.75) is 32.2 Å². The summed E-state index contributed by atoms with van der Waals surface area (Å²) >= 11 is 1.26. The maximum Gasteiger partial charge on any atom is 0.301 e. The number of hydrogen-bond acceptors (Lipinski definition) is 9. The number of benzene rings is 3. The fourth-order valence-electron chi connectivity index (χ4n) is 4.88. The number of amides is 1. The molecule has 0 radical (unpaired) electrons. The molecule has 1 aliphatic rings. The first-order valence-electron chi connectivity index (χ1n) is 13.6. The van der Waals surface area contributed by atoms with E-state index in [4.69, 9.17) is 18.9 Å². The number of ether oxygens (including phenoxy) is 4. The summed E-state index contributed by atoms with van der Waals surface area (Å²) in [5.74, 6) is 0.335. The van der Waals surface area contributed by atoms with Gasteiger partial charge in [-0.2, -0.15) is 0 Å². The number of aromatic nitrogens is 1. The van der Waals surface area contributed by atoms with Gasteiger partial charge in [0, 0.05) is 5.56 Å². The van der Waals surface area contributed by atoms with E-state index < -0.39 is 17.7 Å². The highest BCUT2D eigenvalue weighted by Crippen LogP contribution is 2.46. The molecular weight excluding hydrogens is 556 g/mol. The van der Waals surface area contributed by atoms with Gasteiger partial charge >= 0.3 is 5.91 Å². The second-order valence-corrected chi connectivity index (χ2v) is 10.7. The Hall–Kier alpha value is -4.57. The number of fused-ring (bicyclic) bond motifs is 1. The number of hydrogen-bond donors (Lipinski definition) is 1. The van der Waals surface area contributed by atoms with Crippen molar-refractivity contribution in [1.29, 1.82) is 0 Å². The quantitative estimate of drug-likeness (QED) is 0.0914. The normalized spacial score (nSPS) is 16.2. The molecule has 218 valence electrons. The van der Waals surface area contributed by atoms with Crippen LogP contribution in [0.4, 0.5) is 5.13 Å². The molecule has 1 aromatic heterocycles. The molecule has 1 saturated heterocycles. The van der Waals surface area contributed by atoms with Gasteiger partial charge in [-0.15, -0.1) is 0 Å². The zero-order chi connectivity index (χ0) is 29.8. The van der Waals surface area contributed by atoms with E-state index in [-0.39, 0.29) is 11.3 Å². The summed E-state index contributed by atoms with van der Waals surface area (Å²) in [5.41, 5.74) is 1.52. The zero-order valence-corrected chi connectivity index (χ0v) is 24.7. The van der Waals surface area contributed by atoms with Gasteiger partial charge in [0.05, 0.1) is 49.8 Å². The third kappa shape index (κ3) is 5.49. The van der Waals surface area contributed by atoms with Crippen LogP contribution in [0.2, 0.25) is 0 Å². The summed E-state index contributed by atoms with van der Waals surface area (Å²) in [4.78, 5) is 33.3. The lowest BCUT2D eigenvalue weighted by Gasteiger charge is -2.24. The SMILES string of the molecule is CCCCCOc1ccc(C2C(=C(O)c3ccc(OC)cc3)C(=O)C(=O)N2c2nc3ccc(OC)cc3s2)cc1OC. The molecule has 1 aliphatic heterocycles. The zero-order valence-electron chi connectivity index (χ0n) is 23.9. The molecule has 1 amide bonds. The van der Waals surface area contributed by atoms with Crippen LogP contribution in [0.5, 0.6) is 23.0 Å². The molecule has 0 aliphatic carbocycles. The van der Waals surface area contributed by atoms with Gasteiger partial charge in [-0.1, -0.05) is 37.2 Å². The van der Waals surface area contributed by atoms with Gasteiger partial charge in [-0.25, -0.2) is 4.98 Å². The molecule has 0 spiro atoms. The maximum absolute atomic E-state index is 13.7. The van der Waals surface area contributed by atoms with Gasteiger partial charge in [0.15, 0.2) is 16.6 Å². The van der Waals surface area contributed by atoms with Gasteiger partial charge in [0.25, 0.3) is 5.78 Å². The van der Waals surface area contributed by atoms with Gasteiger partial charge in [0.2, 0.25) is 0 Å². The summed E-state index contributed by atoms with van der Waals surface area (Å²) in [6.07, 6.45) is 3.03. The number of rotatable bonds is 11. The first-order valence-corrected chi connectivity index (χ1v) is 14.4. The number of aliphatic hydroxyl groups excluding tert-OH is 1. The van der Waals surface area contributed by atoms with E-state index >= 15 is 0 Å². The monoisotopic (exact) mass is 588 g/mol. The summed E-state index contributed by atoms with van der Waals surface area (Å²) in [6, 6.07) is 16.3. The smallest absolute Gasteiger partial charge is 0.301 e. The summed E-state index contributed by atoms with van der Waals surface area (Å²) < 4.78 is 23.0. The summed E-state index contributed by atoms with van der Waals surface area (Å²) in [6.45, 7) is 2.66. The lowest BCUT2D eigenvalue weighted by atomic mass is 9.95. The van der Waals surface area contributed by atoms with E-state index in [1.165, 1.54) is 23.3 Å². The first kappa shape index (κ1) is 28.9. The van der Waals surface area contributed by atoms with E-state index in [9.17, 15) is 14.7 Å². The number of carbonyl (C=O) groups is 2. The Morgan fingerprint density at radius 1 is 0.905 bits per heavy atom. The first-order chi connectivity index (χ1) is 20.4. The molecule has 1 unspecified atom stereocenters. The van der Waals surface area contributed by atoms with Crippen LogP contribution in [-0.2, 0) is 9.59 Å². The standard InChI is InChI=1S/C32H32N2O7S/c1-5-6-7-16-41-24-15-10-20(17-25(24)40-4)28-27(29(35)19-8-11-21(38-2)12-9-19)30(36)31(37)34(28)32-33-23-14-13-22(39-3)18-26(23)42-32/h8-15,17-18,28,35H,5-7,16H2,1-4H3. The molecule has 42 heavy (non-hydrogen) atoms. The van der Waals surface area contributed by atoms with Crippen molar-refractivity contribution in [3.05, 3.63) is 77.4 Å². The van der Waals surface area contributed by atoms with Crippen molar-refractivity contribution in [3.63, 3.8) is 0 Å². The van der Waals surface area contributed by atoms with Crippen molar-refractivity contribution in [1.82, 2.24) is 4.98 Å².